The molecule has 2 rings (SSSR count). The van der Waals surface area contributed by atoms with Crippen LogP contribution < -0.4 is 5.73 Å². The number of hydrogen-bond donors (Lipinski definition) is 1. The normalized spacial score (nSPS) is 12.2. The van der Waals surface area contributed by atoms with Crippen LogP contribution in [0.2, 0.25) is 0 Å². The molecule has 0 saturated heterocycles. The van der Waals surface area contributed by atoms with Crippen LogP contribution in [0.25, 0.3) is 0 Å². The minimum Gasteiger partial charge on any atom is -0.375 e. The van der Waals surface area contributed by atoms with Crippen molar-refractivity contribution in [1.29, 1.82) is 0 Å². The molecule has 0 spiro atoms. The highest BCUT2D eigenvalue weighted by Crippen LogP contribution is 2.25. The van der Waals surface area contributed by atoms with Gasteiger partial charge < -0.3 is 10.6 Å². The van der Waals surface area contributed by atoms with E-state index in [1.165, 1.54) is 11.3 Å². The molecule has 4 nitrogen and oxygen atoms in total. The molecule has 0 bridgehead atoms. The topological polar surface area (TPSA) is 59.2 Å². The van der Waals surface area contributed by atoms with Crippen molar-refractivity contribution in [2.75, 3.05) is 12.8 Å². The van der Waals surface area contributed by atoms with Crippen molar-refractivity contribution in [3.05, 3.63) is 46.5 Å². The first-order valence-electron chi connectivity index (χ1n) is 6.05. The number of nitrogens with two attached hydrogens (primary N) is 1. The Kier molecular flexibility index (Phi) is 3.85. The second-order valence-corrected chi connectivity index (χ2v) is 5.50. The standard InChI is InChI=1S/C14H17N3OS/c1-9-12(19-14(15)16-9)13(18)17(3)10(2)11-7-5-4-6-8-11/h4-8,10H,1-3H3,(H2,15,16). The van der Waals surface area contributed by atoms with Crippen molar-refractivity contribution in [3.63, 3.8) is 0 Å². The number of thiazole rings is 1. The first kappa shape index (κ1) is 13.5. The lowest BCUT2D eigenvalue weighted by Crippen LogP contribution is -2.29. The van der Waals surface area contributed by atoms with Gasteiger partial charge in [-0.15, -0.1) is 0 Å². The molecule has 0 aliphatic carbocycles. The van der Waals surface area contributed by atoms with E-state index >= 15 is 0 Å². The SMILES string of the molecule is Cc1nc(N)sc1C(=O)N(C)C(C)c1ccccc1. The van der Waals surface area contributed by atoms with Gasteiger partial charge in [0.2, 0.25) is 0 Å². The van der Waals surface area contributed by atoms with E-state index in [0.717, 1.165) is 5.56 Å². The smallest absolute Gasteiger partial charge is 0.266 e. The lowest BCUT2D eigenvalue weighted by atomic mass is 10.1. The first-order valence-corrected chi connectivity index (χ1v) is 6.87. The van der Waals surface area contributed by atoms with E-state index in [-0.39, 0.29) is 11.9 Å². The van der Waals surface area contributed by atoms with Gasteiger partial charge in [0.25, 0.3) is 5.91 Å². The van der Waals surface area contributed by atoms with E-state index in [9.17, 15) is 4.79 Å². The number of hydrogen-bond acceptors (Lipinski definition) is 4. The molecule has 2 aromatic rings. The third kappa shape index (κ3) is 2.76. The van der Waals surface area contributed by atoms with Gasteiger partial charge >= 0.3 is 0 Å². The van der Waals surface area contributed by atoms with Gasteiger partial charge in [0.15, 0.2) is 5.13 Å². The van der Waals surface area contributed by atoms with Crippen molar-refractivity contribution in [3.8, 4) is 0 Å². The summed E-state index contributed by atoms with van der Waals surface area (Å²) in [4.78, 5) is 18.9. The average molecular weight is 275 g/mol. The monoisotopic (exact) mass is 275 g/mol. The molecular formula is C14H17N3OS. The minimum absolute atomic E-state index is 0.0106. The molecule has 1 amide bonds. The summed E-state index contributed by atoms with van der Waals surface area (Å²) < 4.78 is 0. The second-order valence-electron chi connectivity index (χ2n) is 4.47. The number of carbonyl (C=O) groups excluding carboxylic acids is 1. The van der Waals surface area contributed by atoms with Crippen LogP contribution in [0.5, 0.6) is 0 Å². The number of nitrogens with zero attached hydrogens (tertiary/aromatic N) is 2. The Bertz CT molecular complexity index is 580. The molecule has 100 valence electrons. The number of amides is 1. The molecular weight excluding hydrogens is 258 g/mol. The van der Waals surface area contributed by atoms with E-state index in [2.05, 4.69) is 4.98 Å². The van der Waals surface area contributed by atoms with E-state index in [1.807, 2.05) is 37.3 Å². The Hall–Kier alpha value is -1.88. The Labute approximate surface area is 116 Å². The summed E-state index contributed by atoms with van der Waals surface area (Å²) in [6.07, 6.45) is 0. The summed E-state index contributed by atoms with van der Waals surface area (Å²) in [5, 5.41) is 0.432. The van der Waals surface area contributed by atoms with Gasteiger partial charge in [0.05, 0.1) is 11.7 Å². The number of aromatic nitrogens is 1. The maximum atomic E-state index is 12.4. The maximum absolute atomic E-state index is 12.4. The second kappa shape index (κ2) is 5.40. The largest absolute Gasteiger partial charge is 0.375 e. The molecule has 19 heavy (non-hydrogen) atoms. The highest BCUT2D eigenvalue weighted by atomic mass is 32.1. The summed E-state index contributed by atoms with van der Waals surface area (Å²) in [5.74, 6) is -0.0388. The Balaban J connectivity index is 2.22. The maximum Gasteiger partial charge on any atom is 0.266 e. The van der Waals surface area contributed by atoms with Crippen molar-refractivity contribution in [2.24, 2.45) is 0 Å². The average Bonchev–Trinajstić information content (AvgIpc) is 2.76. The number of benzene rings is 1. The van der Waals surface area contributed by atoms with Gasteiger partial charge in [-0.2, -0.15) is 0 Å². The summed E-state index contributed by atoms with van der Waals surface area (Å²) >= 11 is 1.24. The van der Waals surface area contributed by atoms with Crippen LogP contribution in [0.4, 0.5) is 5.13 Å². The third-order valence-electron chi connectivity index (χ3n) is 3.19. The van der Waals surface area contributed by atoms with Gasteiger partial charge in [-0.3, -0.25) is 4.79 Å². The number of rotatable bonds is 3. The molecule has 0 fully saturated rings. The lowest BCUT2D eigenvalue weighted by molar-refractivity contribution is 0.0746. The summed E-state index contributed by atoms with van der Waals surface area (Å²) in [7, 11) is 1.80. The zero-order valence-electron chi connectivity index (χ0n) is 11.3. The van der Waals surface area contributed by atoms with E-state index in [0.29, 0.717) is 15.7 Å². The highest BCUT2D eigenvalue weighted by Gasteiger charge is 2.22. The van der Waals surface area contributed by atoms with Crippen LogP contribution in [-0.2, 0) is 0 Å². The lowest BCUT2D eigenvalue weighted by Gasteiger charge is -2.25. The zero-order chi connectivity index (χ0) is 14.0. The number of carbonyl (C=O) groups is 1. The van der Waals surface area contributed by atoms with Gasteiger partial charge in [-0.25, -0.2) is 4.98 Å². The predicted octanol–water partition coefficient (Wildman–Crippen LogP) is 2.87. The minimum atomic E-state index is -0.0388. The predicted molar refractivity (Wildman–Crippen MR) is 78.2 cm³/mol. The highest BCUT2D eigenvalue weighted by molar-refractivity contribution is 7.17. The van der Waals surface area contributed by atoms with Crippen LogP contribution in [0.15, 0.2) is 30.3 Å². The Morgan fingerprint density at radius 3 is 2.53 bits per heavy atom. The summed E-state index contributed by atoms with van der Waals surface area (Å²) in [6.45, 7) is 3.81. The molecule has 1 heterocycles. The Morgan fingerprint density at radius 1 is 1.37 bits per heavy atom. The molecule has 1 aromatic heterocycles. The van der Waals surface area contributed by atoms with Crippen molar-refractivity contribution in [1.82, 2.24) is 9.88 Å². The van der Waals surface area contributed by atoms with Gasteiger partial charge in [-0.05, 0) is 19.4 Å². The van der Waals surface area contributed by atoms with Crippen molar-refractivity contribution in [2.45, 2.75) is 19.9 Å². The van der Waals surface area contributed by atoms with Gasteiger partial charge in [0, 0.05) is 7.05 Å². The molecule has 0 aliphatic rings. The fourth-order valence-electron chi connectivity index (χ4n) is 1.91. The first-order chi connectivity index (χ1) is 9.00. The van der Waals surface area contributed by atoms with Crippen molar-refractivity contribution < 1.29 is 4.79 Å². The van der Waals surface area contributed by atoms with Crippen LogP contribution in [0, 0.1) is 6.92 Å². The number of nitrogen functional groups attached to an aromatic ring is 1. The van der Waals surface area contributed by atoms with Crippen LogP contribution in [-0.4, -0.2) is 22.8 Å². The number of anilines is 1. The zero-order valence-corrected chi connectivity index (χ0v) is 12.1. The number of aryl methyl sites for hydroxylation is 1. The molecule has 0 radical (unpaired) electrons. The van der Waals surface area contributed by atoms with Crippen molar-refractivity contribution >= 4 is 22.4 Å². The molecule has 0 saturated carbocycles. The summed E-state index contributed by atoms with van der Waals surface area (Å²) in [5.41, 5.74) is 7.44. The summed E-state index contributed by atoms with van der Waals surface area (Å²) in [6, 6.07) is 9.95. The quantitative estimate of drug-likeness (QED) is 0.937. The fourth-order valence-corrected chi connectivity index (χ4v) is 2.72. The van der Waals surface area contributed by atoms with E-state index in [1.54, 1.807) is 18.9 Å². The molecule has 1 unspecified atom stereocenters. The van der Waals surface area contributed by atoms with Crippen LogP contribution in [0.1, 0.15) is 33.9 Å². The molecule has 5 heteroatoms. The van der Waals surface area contributed by atoms with E-state index in [4.69, 9.17) is 5.73 Å². The molecule has 2 N–H and O–H groups in total. The fraction of sp³-hybridized carbons (Fsp3) is 0.286. The van der Waals surface area contributed by atoms with E-state index < -0.39 is 0 Å². The molecule has 1 aromatic carbocycles. The van der Waals surface area contributed by atoms with Crippen LogP contribution >= 0.6 is 11.3 Å². The third-order valence-corrected chi connectivity index (χ3v) is 4.17. The van der Waals surface area contributed by atoms with Gasteiger partial charge in [-0.1, -0.05) is 41.7 Å². The Morgan fingerprint density at radius 2 is 2.00 bits per heavy atom. The van der Waals surface area contributed by atoms with Gasteiger partial charge in [0.1, 0.15) is 4.88 Å². The van der Waals surface area contributed by atoms with Crippen LogP contribution in [0.3, 0.4) is 0 Å². The molecule has 0 aliphatic heterocycles. The molecule has 1 atom stereocenters.